The topological polar surface area (TPSA) is 36.9 Å². The quantitative estimate of drug-likeness (QED) is 0.0783. The molecule has 0 aliphatic heterocycles. The molecule has 0 saturated carbocycles. The van der Waals surface area contributed by atoms with Crippen LogP contribution in [0.1, 0.15) is 92.9 Å². The summed E-state index contributed by atoms with van der Waals surface area (Å²) < 4.78 is 22.6. The van der Waals surface area contributed by atoms with Gasteiger partial charge in [0.2, 0.25) is 0 Å². The first-order valence-corrected chi connectivity index (χ1v) is 16.7. The first-order valence-electron chi connectivity index (χ1n) is 11.8. The summed E-state index contributed by atoms with van der Waals surface area (Å²) in [5.41, 5.74) is 0. The molecule has 2 atom stereocenters. The minimum atomic E-state index is -0.0320. The van der Waals surface area contributed by atoms with Gasteiger partial charge in [0.25, 0.3) is 0 Å². The Bertz CT molecular complexity index is 309. The zero-order valence-corrected chi connectivity index (χ0v) is 23.3. The smallest absolute Gasteiger partial charge is 0.157 e. The van der Waals surface area contributed by atoms with Gasteiger partial charge in [-0.15, -0.1) is 0 Å². The summed E-state index contributed by atoms with van der Waals surface area (Å²) in [5, 5.41) is 1.40. The predicted molar refractivity (Wildman–Crippen MR) is 140 cm³/mol. The van der Waals surface area contributed by atoms with Crippen LogP contribution in [0.4, 0.5) is 0 Å². The first kappa shape index (κ1) is 31.2. The van der Waals surface area contributed by atoms with Crippen molar-refractivity contribution in [3.05, 3.63) is 0 Å². The van der Waals surface area contributed by atoms with Crippen molar-refractivity contribution in [3.63, 3.8) is 0 Å². The molecule has 0 saturated heterocycles. The molecule has 0 aromatic rings. The Hall–Kier alpha value is 1.24. The van der Waals surface area contributed by atoms with Gasteiger partial charge in [0.15, 0.2) is 12.6 Å². The molecule has 0 amide bonds. The summed E-state index contributed by atoms with van der Waals surface area (Å²) in [6.07, 6.45) is 9.12. The normalized spacial score (nSPS) is 14.0. The molecule has 2 unspecified atom stereocenters. The molecule has 0 aromatic carbocycles. The van der Waals surface area contributed by atoms with E-state index >= 15 is 0 Å². The van der Waals surface area contributed by atoms with Crippen LogP contribution in [0.2, 0.25) is 0 Å². The molecule has 0 aliphatic carbocycles. The van der Waals surface area contributed by atoms with Gasteiger partial charge >= 0.3 is 0 Å². The molecule has 0 aromatic heterocycles. The summed E-state index contributed by atoms with van der Waals surface area (Å²) in [6, 6.07) is 0. The van der Waals surface area contributed by atoms with Crippen molar-refractivity contribution >= 4 is 41.2 Å². The zero-order valence-electron chi connectivity index (χ0n) is 20.1. The van der Waals surface area contributed by atoms with Crippen LogP contribution in [-0.2, 0) is 18.9 Å². The second-order valence-electron chi connectivity index (χ2n) is 6.93. The fraction of sp³-hybridized carbons (Fsp3) is 1.00. The van der Waals surface area contributed by atoms with Crippen molar-refractivity contribution in [2.24, 2.45) is 0 Å². The molecule has 0 fully saturated rings. The maximum Gasteiger partial charge on any atom is 0.157 e. The lowest BCUT2D eigenvalue weighted by molar-refractivity contribution is -0.140. The van der Waals surface area contributed by atoms with Crippen LogP contribution in [0.25, 0.3) is 0 Å². The average Bonchev–Trinajstić information content (AvgIpc) is 2.74. The fourth-order valence-corrected chi connectivity index (χ4v) is 10.6. The highest BCUT2D eigenvalue weighted by molar-refractivity contribution is 9.26. The van der Waals surface area contributed by atoms with E-state index in [0.717, 1.165) is 52.1 Å². The third kappa shape index (κ3) is 17.8. The third-order valence-corrected chi connectivity index (χ3v) is 12.2. The lowest BCUT2D eigenvalue weighted by Crippen LogP contribution is -2.17. The molecule has 0 spiro atoms. The summed E-state index contributed by atoms with van der Waals surface area (Å²) in [6.45, 7) is 15.6. The summed E-state index contributed by atoms with van der Waals surface area (Å²) in [5.74, 6) is 0. The average molecular weight is 503 g/mol. The van der Waals surface area contributed by atoms with Gasteiger partial charge in [-0.2, -0.15) is 0 Å². The van der Waals surface area contributed by atoms with Crippen LogP contribution in [0.3, 0.4) is 0 Å². The summed E-state index contributed by atoms with van der Waals surface area (Å²) >= 11 is 0. The van der Waals surface area contributed by atoms with E-state index in [0.29, 0.717) is 10.5 Å². The van der Waals surface area contributed by atoms with Gasteiger partial charge in [-0.05, 0) is 98.7 Å². The van der Waals surface area contributed by atoms with Gasteiger partial charge in [-0.3, -0.25) is 0 Å². The van der Waals surface area contributed by atoms with E-state index in [1.165, 1.54) is 25.7 Å². The lowest BCUT2D eigenvalue weighted by Gasteiger charge is -2.19. The third-order valence-electron chi connectivity index (χ3n) is 4.63. The minimum absolute atomic E-state index is 0.0320. The highest BCUT2D eigenvalue weighted by atomic mass is 33.7. The van der Waals surface area contributed by atoms with Crippen molar-refractivity contribution in [1.82, 2.24) is 0 Å². The number of rotatable bonds is 23. The highest BCUT2D eigenvalue weighted by Gasteiger charge is 2.14. The number of hydrogen-bond acceptors (Lipinski definition) is 8. The molecule has 8 heteroatoms. The second kappa shape index (κ2) is 23.4. The Morgan fingerprint density at radius 3 is 1.10 bits per heavy atom. The molecule has 0 radical (unpaired) electrons. The van der Waals surface area contributed by atoms with Gasteiger partial charge in [0, 0.05) is 36.9 Å². The van der Waals surface area contributed by atoms with Crippen molar-refractivity contribution in [3.8, 4) is 0 Å². The SMILES string of the molecule is CCOC(CCCC(CC)SSSSC(CC)CCCC(OCC)OCC)OCC. The largest absolute Gasteiger partial charge is 0.353 e. The van der Waals surface area contributed by atoms with Gasteiger partial charge in [-0.1, -0.05) is 35.4 Å². The first-order chi connectivity index (χ1) is 14.6. The summed E-state index contributed by atoms with van der Waals surface area (Å²) in [4.78, 5) is 0. The second-order valence-corrected chi connectivity index (χ2v) is 13.3. The molecular weight excluding hydrogens is 457 g/mol. The maximum atomic E-state index is 5.65. The van der Waals surface area contributed by atoms with Gasteiger partial charge in [-0.25, -0.2) is 0 Å². The lowest BCUT2D eigenvalue weighted by atomic mass is 10.1. The van der Waals surface area contributed by atoms with Gasteiger partial charge in [0.1, 0.15) is 0 Å². The molecule has 182 valence electrons. The standard InChI is InChI=1S/C22H46O4S4/c1-7-19(15-13-17-21(23-9-3)24-10-4)27-29-30-28-20(8-2)16-14-18-22(25-11-5)26-12-6/h19-22H,7-18H2,1-6H3. The molecule has 4 nitrogen and oxygen atoms in total. The van der Waals surface area contributed by atoms with Crippen molar-refractivity contribution in [2.75, 3.05) is 26.4 Å². The molecule has 0 heterocycles. The van der Waals surface area contributed by atoms with E-state index in [1.807, 2.05) is 68.9 Å². The highest BCUT2D eigenvalue weighted by Crippen LogP contribution is 2.49. The van der Waals surface area contributed by atoms with Crippen molar-refractivity contribution in [2.45, 2.75) is 116 Å². The van der Waals surface area contributed by atoms with Crippen LogP contribution < -0.4 is 0 Å². The number of ether oxygens (including phenoxy) is 4. The fourth-order valence-electron chi connectivity index (χ4n) is 2.98. The Balaban J connectivity index is 3.97. The Labute approximate surface area is 202 Å². The van der Waals surface area contributed by atoms with E-state index in [9.17, 15) is 0 Å². The van der Waals surface area contributed by atoms with E-state index in [2.05, 4.69) is 13.8 Å². The van der Waals surface area contributed by atoms with E-state index in [4.69, 9.17) is 18.9 Å². The van der Waals surface area contributed by atoms with Crippen molar-refractivity contribution < 1.29 is 18.9 Å². The van der Waals surface area contributed by atoms with E-state index in [-0.39, 0.29) is 12.6 Å². The Kier molecular flexibility index (Phi) is 24.4. The Morgan fingerprint density at radius 1 is 0.500 bits per heavy atom. The van der Waals surface area contributed by atoms with E-state index in [1.54, 1.807) is 0 Å². The molecule has 30 heavy (non-hydrogen) atoms. The zero-order chi connectivity index (χ0) is 22.5. The molecule has 0 bridgehead atoms. The van der Waals surface area contributed by atoms with Crippen LogP contribution in [0.15, 0.2) is 0 Å². The van der Waals surface area contributed by atoms with Crippen molar-refractivity contribution in [1.29, 1.82) is 0 Å². The van der Waals surface area contributed by atoms with Crippen LogP contribution >= 0.6 is 41.2 Å². The monoisotopic (exact) mass is 502 g/mol. The van der Waals surface area contributed by atoms with Crippen LogP contribution in [0.5, 0.6) is 0 Å². The number of hydrogen-bond donors (Lipinski definition) is 0. The van der Waals surface area contributed by atoms with Crippen LogP contribution in [-0.4, -0.2) is 49.5 Å². The summed E-state index contributed by atoms with van der Waals surface area (Å²) in [7, 11) is 7.96. The molecule has 0 aliphatic rings. The maximum absolute atomic E-state index is 5.65. The predicted octanol–water partition coefficient (Wildman–Crippen LogP) is 8.36. The minimum Gasteiger partial charge on any atom is -0.353 e. The Morgan fingerprint density at radius 2 is 0.833 bits per heavy atom. The molecule has 0 N–H and O–H groups in total. The van der Waals surface area contributed by atoms with E-state index < -0.39 is 0 Å². The van der Waals surface area contributed by atoms with Crippen LogP contribution in [0, 0.1) is 0 Å². The van der Waals surface area contributed by atoms with Gasteiger partial charge in [0.05, 0.1) is 0 Å². The molecular formula is C22H46O4S4. The molecule has 0 rings (SSSR count). The van der Waals surface area contributed by atoms with Gasteiger partial charge < -0.3 is 18.9 Å².